The van der Waals surface area contributed by atoms with Gasteiger partial charge in [0.1, 0.15) is 5.69 Å². The summed E-state index contributed by atoms with van der Waals surface area (Å²) in [5.74, 6) is -1.83. The summed E-state index contributed by atoms with van der Waals surface area (Å²) in [5, 5.41) is 2.62. The second-order valence-corrected chi connectivity index (χ2v) is 3.71. The quantitative estimate of drug-likeness (QED) is 0.524. The normalized spacial score (nSPS) is 10.2. The number of nitrogens with two attached hydrogens (primary N) is 2. The van der Waals surface area contributed by atoms with Crippen molar-refractivity contribution < 1.29 is 13.6 Å². The molecule has 0 spiro atoms. The summed E-state index contributed by atoms with van der Waals surface area (Å²) >= 11 is 0. The number of nitrogen functional groups attached to an aromatic ring is 1. The van der Waals surface area contributed by atoms with Crippen LogP contribution in [0.3, 0.4) is 0 Å². The van der Waals surface area contributed by atoms with Crippen molar-refractivity contribution in [3.05, 3.63) is 23.8 Å². The Bertz CT molecular complexity index is 387. The van der Waals surface area contributed by atoms with Gasteiger partial charge < -0.3 is 16.8 Å². The number of benzene rings is 1. The number of hydrogen-bond acceptors (Lipinski definition) is 3. The minimum Gasteiger partial charge on any atom is -0.399 e. The lowest BCUT2D eigenvalue weighted by Gasteiger charge is -2.09. The molecule has 0 fully saturated rings. The monoisotopic (exact) mass is 243 g/mol. The van der Waals surface area contributed by atoms with Crippen molar-refractivity contribution in [2.75, 3.05) is 17.6 Å². The van der Waals surface area contributed by atoms with Crippen molar-refractivity contribution in [2.45, 2.75) is 19.3 Å². The van der Waals surface area contributed by atoms with Crippen LogP contribution in [0.1, 0.15) is 19.3 Å². The lowest BCUT2D eigenvalue weighted by molar-refractivity contribution is -0.118. The zero-order valence-electron chi connectivity index (χ0n) is 9.30. The van der Waals surface area contributed by atoms with Gasteiger partial charge in [-0.3, -0.25) is 4.79 Å². The van der Waals surface area contributed by atoms with Crippen LogP contribution in [0.5, 0.6) is 0 Å². The van der Waals surface area contributed by atoms with Crippen molar-refractivity contribution in [1.82, 2.24) is 0 Å². The van der Waals surface area contributed by atoms with Crippen LogP contribution in [0, 0.1) is 11.6 Å². The molecule has 0 aliphatic carbocycles. The minimum atomic E-state index is -0.725. The molecule has 0 unspecified atom stereocenters. The summed E-state index contributed by atoms with van der Waals surface area (Å²) in [6, 6.07) is 2.10. The highest BCUT2D eigenvalue weighted by molar-refractivity contribution is 5.73. The fourth-order valence-corrected chi connectivity index (χ4v) is 1.40. The molecule has 0 aliphatic rings. The van der Waals surface area contributed by atoms with Crippen molar-refractivity contribution in [1.29, 1.82) is 0 Å². The van der Waals surface area contributed by atoms with Gasteiger partial charge in [0.05, 0.1) is 0 Å². The summed E-state index contributed by atoms with van der Waals surface area (Å²) in [6.45, 7) is 0.366. The van der Waals surface area contributed by atoms with Gasteiger partial charge >= 0.3 is 0 Å². The number of hydrogen-bond donors (Lipinski definition) is 3. The third-order valence-corrected chi connectivity index (χ3v) is 2.22. The Hall–Kier alpha value is -1.85. The van der Waals surface area contributed by atoms with E-state index in [0.29, 0.717) is 19.4 Å². The molecule has 1 amide bonds. The van der Waals surface area contributed by atoms with Crippen LogP contribution in [0.25, 0.3) is 0 Å². The third-order valence-electron chi connectivity index (χ3n) is 2.22. The van der Waals surface area contributed by atoms with Gasteiger partial charge in [0.25, 0.3) is 0 Å². The molecule has 5 N–H and O–H groups in total. The Morgan fingerprint density at radius 3 is 2.35 bits per heavy atom. The molecule has 0 saturated carbocycles. The molecular formula is C11H15F2N3O. The van der Waals surface area contributed by atoms with E-state index in [1.54, 1.807) is 0 Å². The van der Waals surface area contributed by atoms with Crippen LogP contribution in [0.4, 0.5) is 20.2 Å². The van der Waals surface area contributed by atoms with Crippen LogP contribution in [-0.2, 0) is 4.79 Å². The zero-order chi connectivity index (χ0) is 12.8. The van der Waals surface area contributed by atoms with E-state index in [0.717, 1.165) is 12.1 Å². The number of carbonyl (C=O) groups excluding carboxylic acids is 1. The SMILES string of the molecule is NC(=O)CCCCNc1c(F)cc(N)cc1F. The maximum atomic E-state index is 13.3. The van der Waals surface area contributed by atoms with Gasteiger partial charge in [0.15, 0.2) is 11.6 Å². The third kappa shape index (κ3) is 4.26. The average Bonchev–Trinajstić information content (AvgIpc) is 2.20. The van der Waals surface area contributed by atoms with Crippen molar-refractivity contribution >= 4 is 17.3 Å². The molecule has 17 heavy (non-hydrogen) atoms. The number of rotatable bonds is 6. The van der Waals surface area contributed by atoms with Gasteiger partial charge in [-0.15, -0.1) is 0 Å². The number of nitrogens with one attached hydrogen (secondary N) is 1. The summed E-state index contributed by atoms with van der Waals surface area (Å²) < 4.78 is 26.6. The lowest BCUT2D eigenvalue weighted by atomic mass is 10.2. The molecule has 6 heteroatoms. The Kier molecular flexibility index (Phi) is 4.68. The van der Waals surface area contributed by atoms with Crippen LogP contribution >= 0.6 is 0 Å². The Labute approximate surface area is 98.0 Å². The van der Waals surface area contributed by atoms with E-state index in [4.69, 9.17) is 11.5 Å². The van der Waals surface area contributed by atoms with Gasteiger partial charge in [-0.2, -0.15) is 0 Å². The fraction of sp³-hybridized carbons (Fsp3) is 0.364. The first-order chi connectivity index (χ1) is 8.00. The van der Waals surface area contributed by atoms with Gasteiger partial charge in [0, 0.05) is 18.7 Å². The van der Waals surface area contributed by atoms with Gasteiger partial charge in [0.2, 0.25) is 5.91 Å². The van der Waals surface area contributed by atoms with Crippen LogP contribution in [-0.4, -0.2) is 12.5 Å². The maximum absolute atomic E-state index is 13.3. The second-order valence-electron chi connectivity index (χ2n) is 3.71. The highest BCUT2D eigenvalue weighted by Gasteiger charge is 2.09. The van der Waals surface area contributed by atoms with E-state index in [1.807, 2.05) is 0 Å². The Balaban J connectivity index is 2.44. The maximum Gasteiger partial charge on any atom is 0.217 e. The lowest BCUT2D eigenvalue weighted by Crippen LogP contribution is -2.11. The van der Waals surface area contributed by atoms with E-state index in [-0.39, 0.29) is 23.7 Å². The molecule has 1 rings (SSSR count). The van der Waals surface area contributed by atoms with E-state index < -0.39 is 11.6 Å². The summed E-state index contributed by atoms with van der Waals surface area (Å²) in [4.78, 5) is 10.4. The van der Waals surface area contributed by atoms with Crippen molar-refractivity contribution in [3.63, 3.8) is 0 Å². The first-order valence-corrected chi connectivity index (χ1v) is 5.27. The number of unbranched alkanes of at least 4 members (excludes halogenated alkanes) is 1. The van der Waals surface area contributed by atoms with Gasteiger partial charge in [-0.05, 0) is 25.0 Å². The summed E-state index contributed by atoms with van der Waals surface area (Å²) in [5.41, 5.74) is 10.1. The van der Waals surface area contributed by atoms with E-state index in [1.165, 1.54) is 0 Å². The largest absolute Gasteiger partial charge is 0.399 e. The Morgan fingerprint density at radius 1 is 1.24 bits per heavy atom. The van der Waals surface area contributed by atoms with E-state index in [2.05, 4.69) is 5.32 Å². The number of anilines is 2. The van der Waals surface area contributed by atoms with Gasteiger partial charge in [-0.25, -0.2) is 8.78 Å². The van der Waals surface area contributed by atoms with Crippen LogP contribution in [0.2, 0.25) is 0 Å². The zero-order valence-corrected chi connectivity index (χ0v) is 9.30. The van der Waals surface area contributed by atoms with E-state index >= 15 is 0 Å². The van der Waals surface area contributed by atoms with Crippen molar-refractivity contribution in [2.24, 2.45) is 5.73 Å². The smallest absolute Gasteiger partial charge is 0.217 e. The molecule has 1 aromatic rings. The van der Waals surface area contributed by atoms with E-state index in [9.17, 15) is 13.6 Å². The molecule has 0 bridgehead atoms. The minimum absolute atomic E-state index is 0.0410. The van der Waals surface area contributed by atoms with Crippen LogP contribution in [0.15, 0.2) is 12.1 Å². The highest BCUT2D eigenvalue weighted by Crippen LogP contribution is 2.21. The number of primary amides is 1. The number of amides is 1. The summed E-state index contributed by atoms with van der Waals surface area (Å²) in [7, 11) is 0. The Morgan fingerprint density at radius 2 is 1.82 bits per heavy atom. The molecule has 0 saturated heterocycles. The standard InChI is InChI=1S/C11H15F2N3O/c12-8-5-7(14)6-9(13)11(8)16-4-2-1-3-10(15)17/h5-6,16H,1-4,14H2,(H2,15,17). The van der Waals surface area contributed by atoms with Crippen molar-refractivity contribution in [3.8, 4) is 0 Å². The highest BCUT2D eigenvalue weighted by atomic mass is 19.1. The number of halogens is 2. The topological polar surface area (TPSA) is 81.1 Å². The predicted molar refractivity (Wildman–Crippen MR) is 62.3 cm³/mol. The molecule has 0 aliphatic heterocycles. The first-order valence-electron chi connectivity index (χ1n) is 5.27. The van der Waals surface area contributed by atoms with Gasteiger partial charge in [-0.1, -0.05) is 0 Å². The molecule has 0 heterocycles. The molecule has 0 aromatic heterocycles. The van der Waals surface area contributed by atoms with Crippen LogP contribution < -0.4 is 16.8 Å². The first kappa shape index (κ1) is 13.2. The molecule has 0 radical (unpaired) electrons. The molecular weight excluding hydrogens is 228 g/mol. The summed E-state index contributed by atoms with van der Waals surface area (Å²) in [6.07, 6.45) is 1.46. The molecule has 0 atom stereocenters. The predicted octanol–water partition coefficient (Wildman–Crippen LogP) is 1.61. The molecule has 4 nitrogen and oxygen atoms in total. The molecule has 94 valence electrons. The molecule has 1 aromatic carbocycles. The second kappa shape index (κ2) is 6.03. The average molecular weight is 243 g/mol. The fourth-order valence-electron chi connectivity index (χ4n) is 1.40. The number of carbonyl (C=O) groups is 1.